The Morgan fingerprint density at radius 2 is 1.79 bits per heavy atom. The number of ether oxygens (including phenoxy) is 3. The zero-order chi connectivity index (χ0) is 20.6. The molecule has 0 aliphatic heterocycles. The molecule has 0 aliphatic carbocycles. The number of thiazole rings is 1. The summed E-state index contributed by atoms with van der Waals surface area (Å²) in [5, 5.41) is 5.17. The number of hydrogen-bond acceptors (Lipinski definition) is 7. The summed E-state index contributed by atoms with van der Waals surface area (Å²) < 4.78 is 15.5. The predicted molar refractivity (Wildman–Crippen MR) is 109 cm³/mol. The number of esters is 1. The van der Waals surface area contributed by atoms with Gasteiger partial charge in [0.15, 0.2) is 0 Å². The van der Waals surface area contributed by atoms with Crippen LogP contribution in [0.2, 0.25) is 0 Å². The molecular formula is C21H20N2O5S. The second-order valence-electron chi connectivity index (χ2n) is 5.95. The Bertz CT molecular complexity index is 985. The van der Waals surface area contributed by atoms with Crippen LogP contribution in [0.25, 0.3) is 10.6 Å². The van der Waals surface area contributed by atoms with E-state index in [4.69, 9.17) is 14.2 Å². The van der Waals surface area contributed by atoms with Crippen molar-refractivity contribution < 1.29 is 23.8 Å². The third-order valence-electron chi connectivity index (χ3n) is 3.99. The summed E-state index contributed by atoms with van der Waals surface area (Å²) in [6.45, 7) is -0.185. The van der Waals surface area contributed by atoms with Crippen molar-refractivity contribution in [2.45, 2.75) is 6.61 Å². The van der Waals surface area contributed by atoms with Gasteiger partial charge in [-0.05, 0) is 36.4 Å². The fourth-order valence-electron chi connectivity index (χ4n) is 2.46. The summed E-state index contributed by atoms with van der Waals surface area (Å²) in [4.78, 5) is 28.4. The largest absolute Gasteiger partial charge is 0.497 e. The number of nitrogens with one attached hydrogen (secondary N) is 1. The second-order valence-corrected chi connectivity index (χ2v) is 6.81. The minimum atomic E-state index is -0.539. The number of benzene rings is 2. The van der Waals surface area contributed by atoms with Crippen LogP contribution in [0.5, 0.6) is 11.5 Å². The molecule has 29 heavy (non-hydrogen) atoms. The van der Waals surface area contributed by atoms with E-state index < -0.39 is 5.97 Å². The first-order valence-electron chi connectivity index (χ1n) is 8.75. The molecule has 1 heterocycles. The van der Waals surface area contributed by atoms with Gasteiger partial charge in [0.1, 0.15) is 29.7 Å². The molecule has 0 fully saturated rings. The predicted octanol–water partition coefficient (Wildman–Crippen LogP) is 3.30. The van der Waals surface area contributed by atoms with E-state index >= 15 is 0 Å². The van der Waals surface area contributed by atoms with Crippen LogP contribution >= 0.6 is 11.3 Å². The Kier molecular flexibility index (Phi) is 6.80. The summed E-state index contributed by atoms with van der Waals surface area (Å²) >= 11 is 1.45. The molecule has 0 spiro atoms. The van der Waals surface area contributed by atoms with Gasteiger partial charge in [-0.15, -0.1) is 11.3 Å². The summed E-state index contributed by atoms with van der Waals surface area (Å²) in [6, 6.07) is 14.2. The molecule has 3 aromatic rings. The van der Waals surface area contributed by atoms with Gasteiger partial charge in [0.2, 0.25) is 0 Å². The van der Waals surface area contributed by atoms with E-state index in [1.807, 2.05) is 29.6 Å². The highest BCUT2D eigenvalue weighted by Gasteiger charge is 2.11. The number of methoxy groups -OCH3 is 2. The summed E-state index contributed by atoms with van der Waals surface area (Å²) in [5.74, 6) is 0.497. The Morgan fingerprint density at radius 1 is 1.03 bits per heavy atom. The second kappa shape index (κ2) is 9.70. The van der Waals surface area contributed by atoms with Gasteiger partial charge in [0, 0.05) is 16.5 Å². The minimum Gasteiger partial charge on any atom is -0.497 e. The highest BCUT2D eigenvalue weighted by molar-refractivity contribution is 7.13. The van der Waals surface area contributed by atoms with Crippen molar-refractivity contribution >= 4 is 23.2 Å². The molecule has 150 valence electrons. The molecule has 1 aromatic heterocycles. The number of amides is 1. The van der Waals surface area contributed by atoms with E-state index in [9.17, 15) is 9.59 Å². The number of carbonyl (C=O) groups excluding carboxylic acids is 2. The number of nitrogens with zero attached hydrogens (tertiary/aromatic N) is 1. The summed E-state index contributed by atoms with van der Waals surface area (Å²) in [7, 11) is 3.16. The molecule has 0 atom stereocenters. The van der Waals surface area contributed by atoms with Crippen molar-refractivity contribution in [2.75, 3.05) is 20.8 Å². The molecule has 0 unspecified atom stereocenters. The molecule has 1 N–H and O–H groups in total. The maximum Gasteiger partial charge on any atom is 0.325 e. The van der Waals surface area contributed by atoms with Gasteiger partial charge in [-0.25, -0.2) is 4.98 Å². The van der Waals surface area contributed by atoms with Crippen molar-refractivity contribution in [3.8, 4) is 22.1 Å². The number of rotatable bonds is 8. The molecule has 8 heteroatoms. The zero-order valence-corrected chi connectivity index (χ0v) is 16.8. The highest BCUT2D eigenvalue weighted by atomic mass is 32.1. The lowest BCUT2D eigenvalue weighted by molar-refractivity contribution is -0.143. The number of aromatic nitrogens is 1. The minimum absolute atomic E-state index is 0.0394. The van der Waals surface area contributed by atoms with E-state index in [2.05, 4.69) is 10.3 Å². The van der Waals surface area contributed by atoms with E-state index in [0.717, 1.165) is 16.3 Å². The van der Waals surface area contributed by atoms with Crippen molar-refractivity contribution in [2.24, 2.45) is 0 Å². The SMILES string of the molecule is COc1ccc(C(=O)NCC(=O)OCc2csc(-c3cccc(OC)c3)n2)cc1. The molecule has 3 rings (SSSR count). The molecule has 1 amide bonds. The van der Waals surface area contributed by atoms with Gasteiger partial charge < -0.3 is 19.5 Å². The van der Waals surface area contributed by atoms with Crippen LogP contribution in [0.4, 0.5) is 0 Å². The monoisotopic (exact) mass is 412 g/mol. The lowest BCUT2D eigenvalue weighted by atomic mass is 10.2. The maximum atomic E-state index is 12.1. The Labute approximate surface area is 172 Å². The highest BCUT2D eigenvalue weighted by Crippen LogP contribution is 2.27. The van der Waals surface area contributed by atoms with E-state index in [0.29, 0.717) is 17.0 Å². The fraction of sp³-hybridized carbons (Fsp3) is 0.190. The molecule has 0 saturated carbocycles. The first kappa shape index (κ1) is 20.3. The van der Waals surface area contributed by atoms with Gasteiger partial charge in [-0.2, -0.15) is 0 Å². The van der Waals surface area contributed by atoms with Gasteiger partial charge in [-0.1, -0.05) is 12.1 Å². The fourth-order valence-corrected chi connectivity index (χ4v) is 3.27. The van der Waals surface area contributed by atoms with Crippen LogP contribution in [0.3, 0.4) is 0 Å². The van der Waals surface area contributed by atoms with Crippen LogP contribution < -0.4 is 14.8 Å². The number of hydrogen-bond donors (Lipinski definition) is 1. The van der Waals surface area contributed by atoms with Crippen LogP contribution in [-0.4, -0.2) is 37.6 Å². The van der Waals surface area contributed by atoms with E-state index in [-0.39, 0.29) is 19.1 Å². The van der Waals surface area contributed by atoms with Crippen LogP contribution in [0.1, 0.15) is 16.1 Å². The Balaban J connectivity index is 1.48. The average molecular weight is 412 g/mol. The summed E-state index contributed by atoms with van der Waals surface area (Å²) in [6.07, 6.45) is 0. The smallest absolute Gasteiger partial charge is 0.325 e. The maximum absolute atomic E-state index is 12.1. The quantitative estimate of drug-likeness (QED) is 0.572. The lowest BCUT2D eigenvalue weighted by Crippen LogP contribution is -2.30. The number of carbonyl (C=O) groups is 2. The topological polar surface area (TPSA) is 86.8 Å². The van der Waals surface area contributed by atoms with E-state index in [1.54, 1.807) is 38.5 Å². The third kappa shape index (κ3) is 5.55. The van der Waals surface area contributed by atoms with Gasteiger partial charge >= 0.3 is 5.97 Å². The first-order chi connectivity index (χ1) is 14.1. The standard InChI is InChI=1S/C21H20N2O5S/c1-26-17-8-6-14(7-9-17)20(25)22-11-19(24)28-12-16-13-29-21(23-16)15-4-3-5-18(10-15)27-2/h3-10,13H,11-12H2,1-2H3,(H,22,25). The van der Waals surface area contributed by atoms with Crippen molar-refractivity contribution in [1.82, 2.24) is 10.3 Å². The zero-order valence-electron chi connectivity index (χ0n) is 16.0. The van der Waals surface area contributed by atoms with Gasteiger partial charge in [-0.3, -0.25) is 9.59 Å². The average Bonchev–Trinajstić information content (AvgIpc) is 3.25. The van der Waals surface area contributed by atoms with Gasteiger partial charge in [0.05, 0.1) is 19.9 Å². The Hall–Kier alpha value is -3.39. The third-order valence-corrected chi connectivity index (χ3v) is 4.94. The first-order valence-corrected chi connectivity index (χ1v) is 9.63. The molecule has 0 aliphatic rings. The van der Waals surface area contributed by atoms with Crippen LogP contribution in [0.15, 0.2) is 53.9 Å². The lowest BCUT2D eigenvalue weighted by Gasteiger charge is -2.06. The van der Waals surface area contributed by atoms with Crippen molar-refractivity contribution in [3.63, 3.8) is 0 Å². The molecule has 0 saturated heterocycles. The molecule has 7 nitrogen and oxygen atoms in total. The molecular weight excluding hydrogens is 392 g/mol. The van der Waals surface area contributed by atoms with Crippen molar-refractivity contribution in [3.05, 3.63) is 65.2 Å². The Morgan fingerprint density at radius 3 is 2.52 bits per heavy atom. The van der Waals surface area contributed by atoms with Crippen LogP contribution in [0, 0.1) is 0 Å². The van der Waals surface area contributed by atoms with Crippen LogP contribution in [-0.2, 0) is 16.1 Å². The molecule has 0 bridgehead atoms. The van der Waals surface area contributed by atoms with Crippen molar-refractivity contribution in [1.29, 1.82) is 0 Å². The normalized spacial score (nSPS) is 10.3. The van der Waals surface area contributed by atoms with Gasteiger partial charge in [0.25, 0.3) is 5.91 Å². The molecule has 0 radical (unpaired) electrons. The summed E-state index contributed by atoms with van der Waals surface area (Å²) in [5.41, 5.74) is 2.00. The van der Waals surface area contributed by atoms with E-state index in [1.165, 1.54) is 11.3 Å². The molecule has 2 aromatic carbocycles.